The highest BCUT2D eigenvalue weighted by Crippen LogP contribution is 2.36. The third kappa shape index (κ3) is 5.59. The molecule has 2 aromatic carbocycles. The monoisotopic (exact) mass is 524 g/mol. The number of carbonyl (C=O) groups excluding carboxylic acids is 2. The van der Waals surface area contributed by atoms with Gasteiger partial charge in [0.05, 0.1) is 0 Å². The number of nitrogens with zero attached hydrogens (tertiary/aromatic N) is 3. The minimum Gasteiger partial charge on any atom is -0.369 e. The van der Waals surface area contributed by atoms with Crippen molar-refractivity contribution in [3.63, 3.8) is 0 Å². The van der Waals surface area contributed by atoms with Gasteiger partial charge in [0.1, 0.15) is 11.6 Å². The number of hydrogen-bond acceptors (Lipinski definition) is 5. The van der Waals surface area contributed by atoms with Gasteiger partial charge in [0.15, 0.2) is 5.78 Å². The van der Waals surface area contributed by atoms with Gasteiger partial charge in [0.25, 0.3) is 0 Å². The Hall–Kier alpha value is -3.30. The fourth-order valence-corrected chi connectivity index (χ4v) is 5.93. The number of ketones is 1. The molecule has 0 saturated carbocycles. The third-order valence-electron chi connectivity index (χ3n) is 7.93. The van der Waals surface area contributed by atoms with E-state index in [1.165, 1.54) is 24.3 Å². The molecule has 202 valence electrons. The topological polar surface area (TPSA) is 77.8 Å². The first-order valence-corrected chi connectivity index (χ1v) is 13.4. The first-order valence-electron chi connectivity index (χ1n) is 13.4. The number of carbonyl (C=O) groups is 2. The number of unbranched alkanes of at least 4 members (excludes halogenated alkanes) is 2. The predicted molar refractivity (Wildman–Crippen MR) is 141 cm³/mol. The lowest BCUT2D eigenvalue weighted by Crippen LogP contribution is -2.49. The molecule has 1 fully saturated rings. The molecule has 2 heterocycles. The van der Waals surface area contributed by atoms with Crippen molar-refractivity contribution in [2.45, 2.75) is 45.1 Å². The molecule has 0 bridgehead atoms. The van der Waals surface area contributed by atoms with Crippen molar-refractivity contribution >= 4 is 28.3 Å². The number of Topliss-reactive ketones (excluding diaryl/α,β-unsaturated/α-hetero) is 1. The smallest absolute Gasteiger partial charge is 0.243 e. The normalized spacial score (nSPS) is 18.1. The maximum absolute atomic E-state index is 14.3. The van der Waals surface area contributed by atoms with E-state index in [9.17, 15) is 18.4 Å². The van der Waals surface area contributed by atoms with Crippen LogP contribution in [0.1, 0.15) is 48.2 Å². The van der Waals surface area contributed by atoms with Crippen LogP contribution in [0.25, 0.3) is 10.9 Å². The number of piperazine rings is 1. The van der Waals surface area contributed by atoms with Gasteiger partial charge in [-0.25, -0.2) is 14.3 Å². The van der Waals surface area contributed by atoms with Gasteiger partial charge in [0.2, 0.25) is 5.91 Å². The molecule has 0 radical (unpaired) electrons. The Morgan fingerprint density at radius 3 is 2.45 bits per heavy atom. The van der Waals surface area contributed by atoms with Gasteiger partial charge < -0.3 is 9.47 Å². The largest absolute Gasteiger partial charge is 0.369 e. The lowest BCUT2D eigenvalue weighted by atomic mass is 9.84. The Balaban J connectivity index is 1.25. The average Bonchev–Trinajstić information content (AvgIpc) is 3.24. The minimum atomic E-state index is -0.391. The molecule has 1 amide bonds. The zero-order valence-corrected chi connectivity index (χ0v) is 21.5. The summed E-state index contributed by atoms with van der Waals surface area (Å²) in [6.07, 6.45) is 4.10. The van der Waals surface area contributed by atoms with Gasteiger partial charge in [-0.1, -0.05) is 6.42 Å². The summed E-state index contributed by atoms with van der Waals surface area (Å²) in [5.74, 6) is -1.01. The van der Waals surface area contributed by atoms with E-state index in [0.717, 1.165) is 68.8 Å². The maximum Gasteiger partial charge on any atom is 0.243 e. The van der Waals surface area contributed by atoms with Crippen molar-refractivity contribution in [2.24, 2.45) is 5.92 Å². The zero-order chi connectivity index (χ0) is 26.6. The number of aromatic nitrogens is 1. The number of amides is 1. The van der Waals surface area contributed by atoms with Crippen LogP contribution in [0, 0.1) is 17.6 Å². The number of halogens is 2. The van der Waals surface area contributed by atoms with Crippen molar-refractivity contribution in [1.82, 2.24) is 14.9 Å². The molecule has 7 nitrogen and oxygen atoms in total. The van der Waals surface area contributed by atoms with E-state index in [1.807, 2.05) is 0 Å². The van der Waals surface area contributed by atoms with Gasteiger partial charge in [-0.15, -0.1) is 0 Å². The van der Waals surface area contributed by atoms with Crippen molar-refractivity contribution < 1.29 is 23.6 Å². The number of hydrogen-bond donors (Lipinski definition) is 2. The standard InChI is InChI=1S/C29H34F2N4O3/c30-21-6-9-23(10-7-21)34-16-14-33(15-17-34)19-20-5-11-26-28(29(20)37)24-18-22(31)8-12-25(24)35(26)13-3-1-2-4-27(36)32-38/h6-10,12,18,20,38H,1-5,11,13-17,19H2,(H,32,36). The van der Waals surface area contributed by atoms with E-state index < -0.39 is 5.91 Å². The number of rotatable bonds is 9. The average molecular weight is 525 g/mol. The number of anilines is 1. The second-order valence-electron chi connectivity index (χ2n) is 10.3. The van der Waals surface area contributed by atoms with Gasteiger partial charge in [0, 0.05) is 79.5 Å². The molecule has 5 rings (SSSR count). The number of nitrogens with one attached hydrogen (secondary N) is 1. The summed E-state index contributed by atoms with van der Waals surface area (Å²) in [5.41, 5.74) is 5.20. The summed E-state index contributed by atoms with van der Waals surface area (Å²) in [5, 5.41) is 9.34. The lowest BCUT2D eigenvalue weighted by Gasteiger charge is -2.38. The van der Waals surface area contributed by atoms with Crippen molar-refractivity contribution in [3.8, 4) is 0 Å². The molecule has 2 N–H and O–H groups in total. The molecule has 1 saturated heterocycles. The first kappa shape index (κ1) is 26.3. The third-order valence-corrected chi connectivity index (χ3v) is 7.93. The quantitative estimate of drug-likeness (QED) is 0.244. The summed E-state index contributed by atoms with van der Waals surface area (Å²) in [6, 6.07) is 11.3. The van der Waals surface area contributed by atoms with Crippen molar-refractivity contribution in [2.75, 3.05) is 37.6 Å². The Labute approximate surface area is 221 Å². The molecule has 1 aliphatic heterocycles. The van der Waals surface area contributed by atoms with Crippen LogP contribution in [0.5, 0.6) is 0 Å². The van der Waals surface area contributed by atoms with Crippen molar-refractivity contribution in [3.05, 3.63) is 65.4 Å². The summed E-state index contributed by atoms with van der Waals surface area (Å²) in [7, 11) is 0. The van der Waals surface area contributed by atoms with E-state index in [4.69, 9.17) is 5.21 Å². The molecule has 1 atom stereocenters. The molecule has 3 aromatic rings. The van der Waals surface area contributed by atoms with Crippen LogP contribution in [-0.2, 0) is 17.8 Å². The summed E-state index contributed by atoms with van der Waals surface area (Å²) in [6.45, 7) is 4.69. The zero-order valence-electron chi connectivity index (χ0n) is 21.5. The molecule has 9 heteroatoms. The Bertz CT molecular complexity index is 1300. The van der Waals surface area contributed by atoms with Crippen LogP contribution in [0.15, 0.2) is 42.5 Å². The van der Waals surface area contributed by atoms with E-state index in [1.54, 1.807) is 23.7 Å². The highest BCUT2D eigenvalue weighted by Gasteiger charge is 2.34. The fraction of sp³-hybridized carbons (Fsp3) is 0.448. The summed E-state index contributed by atoms with van der Waals surface area (Å²) >= 11 is 0. The Morgan fingerprint density at radius 2 is 1.71 bits per heavy atom. The highest BCUT2D eigenvalue weighted by atomic mass is 19.1. The highest BCUT2D eigenvalue weighted by molar-refractivity contribution is 6.11. The molecule has 2 aliphatic rings. The maximum atomic E-state index is 14.3. The first-order chi connectivity index (χ1) is 18.4. The van der Waals surface area contributed by atoms with Crippen LogP contribution in [0.4, 0.5) is 14.5 Å². The summed E-state index contributed by atoms with van der Waals surface area (Å²) in [4.78, 5) is 29.6. The van der Waals surface area contributed by atoms with Crippen LogP contribution in [0.2, 0.25) is 0 Å². The van der Waals surface area contributed by atoms with E-state index in [-0.39, 0.29) is 29.8 Å². The van der Waals surface area contributed by atoms with Crippen molar-refractivity contribution in [1.29, 1.82) is 0 Å². The molecule has 38 heavy (non-hydrogen) atoms. The number of hydroxylamine groups is 1. The number of fused-ring (bicyclic) bond motifs is 3. The molecular weight excluding hydrogens is 490 g/mol. The SMILES string of the molecule is O=C(CCCCCn1c2c(c3cc(F)ccc31)C(=O)C(CN1CCN(c3ccc(F)cc3)CC1)CC2)NO. The molecule has 0 spiro atoms. The number of aryl methyl sites for hydroxylation is 1. The fourth-order valence-electron chi connectivity index (χ4n) is 5.93. The molecule has 1 aliphatic carbocycles. The van der Waals surface area contributed by atoms with E-state index in [2.05, 4.69) is 14.4 Å². The predicted octanol–water partition coefficient (Wildman–Crippen LogP) is 4.55. The second-order valence-corrected chi connectivity index (χ2v) is 10.3. The molecule has 1 unspecified atom stereocenters. The molecular formula is C29H34F2N4O3. The van der Waals surface area contributed by atoms with Crippen LogP contribution in [0.3, 0.4) is 0 Å². The van der Waals surface area contributed by atoms with Gasteiger partial charge in [-0.2, -0.15) is 0 Å². The Morgan fingerprint density at radius 1 is 0.974 bits per heavy atom. The van der Waals surface area contributed by atoms with Crippen LogP contribution in [-0.4, -0.2) is 59.1 Å². The number of benzene rings is 2. The minimum absolute atomic E-state index is 0.0983. The van der Waals surface area contributed by atoms with Gasteiger partial charge in [-0.05, 0) is 68.1 Å². The van der Waals surface area contributed by atoms with Crippen LogP contribution >= 0.6 is 0 Å². The Kier molecular flexibility index (Phi) is 8.04. The second kappa shape index (κ2) is 11.6. The van der Waals surface area contributed by atoms with Gasteiger partial charge in [-0.3, -0.25) is 19.7 Å². The van der Waals surface area contributed by atoms with Gasteiger partial charge >= 0.3 is 0 Å². The summed E-state index contributed by atoms with van der Waals surface area (Å²) < 4.78 is 29.7. The van der Waals surface area contributed by atoms with Crippen LogP contribution < -0.4 is 10.4 Å². The molecule has 1 aromatic heterocycles. The van der Waals surface area contributed by atoms with E-state index in [0.29, 0.717) is 30.5 Å². The van der Waals surface area contributed by atoms with E-state index >= 15 is 0 Å². The lowest BCUT2D eigenvalue weighted by molar-refractivity contribution is -0.129.